The summed E-state index contributed by atoms with van der Waals surface area (Å²) in [6, 6.07) is 45.1. The number of aromatic nitrogens is 3. The highest BCUT2D eigenvalue weighted by molar-refractivity contribution is 7.62. The maximum atomic E-state index is 15.0. The van der Waals surface area contributed by atoms with Gasteiger partial charge in [-0.05, 0) is 98.0 Å². The molecule has 0 spiro atoms. The van der Waals surface area contributed by atoms with Gasteiger partial charge in [-0.3, -0.25) is 4.57 Å². The first-order chi connectivity index (χ1) is 28.5. The Hall–Kier alpha value is -6.24. The second-order valence-corrected chi connectivity index (χ2v) is 17.8. The molecule has 2 N–H and O–H groups in total. The molecule has 8 heteroatoms. The standard InChI is InChI=1S/C51H47N4O3P/c1-31-8-16-35(17-9-31)47-39-30-46(55(5)51(39)59(56,57-6)58-7)50(38-22-14-34(4)15-23-38)45-29-28-44(54-45)49(37-20-12-33(3)13-21-37)43-27-26-42(53-43)48(41-25-24-40(47)52-41)36-18-10-32(2)11-19-36/h8-30,47,52,54H,1-7H3/b48-42-,49-44-,50-45-. The van der Waals surface area contributed by atoms with Crippen LogP contribution in [-0.4, -0.2) is 34.5 Å². The molecule has 7 nitrogen and oxygen atoms in total. The van der Waals surface area contributed by atoms with Gasteiger partial charge in [-0.2, -0.15) is 0 Å². The molecule has 0 amide bonds. The summed E-state index contributed by atoms with van der Waals surface area (Å²) in [7, 11) is 1.01. The fraction of sp³-hybridized carbons (Fsp3) is 0.157. The third-order valence-corrected chi connectivity index (χ3v) is 13.7. The van der Waals surface area contributed by atoms with Crippen LogP contribution in [0.15, 0.2) is 150 Å². The molecule has 0 fully saturated rings. The average molecular weight is 795 g/mol. The third kappa shape index (κ3) is 6.85. The van der Waals surface area contributed by atoms with Gasteiger partial charge in [-0.15, -0.1) is 0 Å². The zero-order valence-corrected chi connectivity index (χ0v) is 35.3. The SMILES string of the molecule is COP(=O)(OC)c1c2cc(n1C)/C(c1ccc(C)cc1)=c1/cc/c([nH]1)=C(\c1ccc(C)cc1)C1=N/C(=C(/c3ccc(C)cc3)c3ccc([nH]3)C2c2ccc(C)cc2)C=C1. The molecule has 3 aromatic heterocycles. The molecule has 8 bridgehead atoms. The molecular weight excluding hydrogens is 748 g/mol. The smallest absolute Gasteiger partial charge is 0.358 e. The summed E-state index contributed by atoms with van der Waals surface area (Å²) in [4.78, 5) is 13.2. The fourth-order valence-electron chi connectivity index (χ4n) is 8.48. The van der Waals surface area contributed by atoms with Crippen molar-refractivity contribution in [3.8, 4) is 0 Å². The van der Waals surface area contributed by atoms with E-state index in [9.17, 15) is 4.57 Å². The predicted octanol–water partition coefficient (Wildman–Crippen LogP) is 9.44. The number of allylic oxidation sites excluding steroid dienone is 2. The Labute approximate surface area is 345 Å². The van der Waals surface area contributed by atoms with Crippen LogP contribution in [0.3, 0.4) is 0 Å². The molecule has 1 unspecified atom stereocenters. The molecular formula is C51H47N4O3P. The topological polar surface area (TPSA) is 84.4 Å². The molecule has 0 saturated heterocycles. The number of nitrogens with zero attached hydrogens (tertiary/aromatic N) is 2. The lowest BCUT2D eigenvalue weighted by atomic mass is 9.89. The van der Waals surface area contributed by atoms with Gasteiger partial charge in [0.2, 0.25) is 0 Å². The summed E-state index contributed by atoms with van der Waals surface area (Å²) in [5, 5.41) is 1.83. The molecule has 1 atom stereocenters. The predicted molar refractivity (Wildman–Crippen MR) is 240 cm³/mol. The molecule has 5 heterocycles. The summed E-state index contributed by atoms with van der Waals surface area (Å²) in [5.41, 5.74) is 17.4. The third-order valence-electron chi connectivity index (χ3n) is 11.6. The zero-order valence-electron chi connectivity index (χ0n) is 34.4. The van der Waals surface area contributed by atoms with Crippen LogP contribution in [0.1, 0.15) is 73.1 Å². The summed E-state index contributed by atoms with van der Waals surface area (Å²) in [6.07, 6.45) is 4.25. The minimum atomic E-state index is -3.86. The van der Waals surface area contributed by atoms with Crippen molar-refractivity contribution in [1.29, 1.82) is 0 Å². The van der Waals surface area contributed by atoms with Crippen LogP contribution in [-0.2, 0) is 20.7 Å². The van der Waals surface area contributed by atoms with Gasteiger partial charge in [-0.1, -0.05) is 119 Å². The van der Waals surface area contributed by atoms with E-state index in [2.05, 4.69) is 177 Å². The molecule has 0 aliphatic carbocycles. The van der Waals surface area contributed by atoms with Gasteiger partial charge in [0.1, 0.15) is 5.44 Å². The number of fused-ring (bicyclic) bond motifs is 7. The molecule has 0 radical (unpaired) electrons. The number of H-pyrrole nitrogens is 2. The van der Waals surface area contributed by atoms with E-state index in [4.69, 9.17) is 14.0 Å². The van der Waals surface area contributed by atoms with E-state index in [0.717, 1.165) is 94.9 Å². The summed E-state index contributed by atoms with van der Waals surface area (Å²) >= 11 is 0. The molecule has 294 valence electrons. The van der Waals surface area contributed by atoms with Crippen molar-refractivity contribution in [3.05, 3.63) is 223 Å². The van der Waals surface area contributed by atoms with E-state index in [1.54, 1.807) is 0 Å². The van der Waals surface area contributed by atoms with E-state index in [1.165, 1.54) is 25.3 Å². The number of aromatic amines is 2. The van der Waals surface area contributed by atoms with E-state index in [1.807, 2.05) is 11.6 Å². The number of hydrogen-bond acceptors (Lipinski definition) is 4. The Morgan fingerprint density at radius 1 is 0.593 bits per heavy atom. The maximum Gasteiger partial charge on any atom is 0.377 e. The molecule has 2 aliphatic heterocycles. The highest BCUT2D eigenvalue weighted by atomic mass is 31.2. The van der Waals surface area contributed by atoms with E-state index >= 15 is 0 Å². The normalized spacial score (nSPS) is 18.4. The Morgan fingerprint density at radius 2 is 1.10 bits per heavy atom. The fourth-order valence-corrected chi connectivity index (χ4v) is 9.96. The van der Waals surface area contributed by atoms with Crippen molar-refractivity contribution in [3.63, 3.8) is 0 Å². The maximum absolute atomic E-state index is 15.0. The van der Waals surface area contributed by atoms with Crippen LogP contribution in [0.4, 0.5) is 0 Å². The lowest BCUT2D eigenvalue weighted by molar-refractivity contribution is 0.285. The molecule has 2 aliphatic rings. The summed E-state index contributed by atoms with van der Waals surface area (Å²) < 4.78 is 28.7. The Kier molecular flexibility index (Phi) is 9.84. The van der Waals surface area contributed by atoms with Crippen molar-refractivity contribution < 1.29 is 13.6 Å². The second-order valence-electron chi connectivity index (χ2n) is 15.6. The highest BCUT2D eigenvalue weighted by Gasteiger charge is 2.38. The van der Waals surface area contributed by atoms with Gasteiger partial charge < -0.3 is 23.6 Å². The molecule has 4 aromatic carbocycles. The van der Waals surface area contributed by atoms with Gasteiger partial charge in [0, 0.05) is 60.1 Å². The Bertz CT molecular complexity index is 3000. The minimum Gasteiger partial charge on any atom is -0.358 e. The Balaban J connectivity index is 1.47. The first kappa shape index (κ1) is 38.3. The highest BCUT2D eigenvalue weighted by Crippen LogP contribution is 2.50. The average Bonchev–Trinajstić information content (AvgIpc) is 4.08. The van der Waals surface area contributed by atoms with Crippen LogP contribution in [0, 0.1) is 27.7 Å². The number of benzene rings is 4. The summed E-state index contributed by atoms with van der Waals surface area (Å²) in [6.45, 7) is 8.39. The van der Waals surface area contributed by atoms with Crippen molar-refractivity contribution >= 4 is 35.5 Å². The largest absolute Gasteiger partial charge is 0.377 e. The zero-order chi connectivity index (χ0) is 41.0. The van der Waals surface area contributed by atoms with Crippen LogP contribution in [0.2, 0.25) is 0 Å². The molecule has 7 aromatic rings. The van der Waals surface area contributed by atoms with Gasteiger partial charge in [0.15, 0.2) is 0 Å². The quantitative estimate of drug-likeness (QED) is 0.158. The van der Waals surface area contributed by atoms with Gasteiger partial charge in [0.05, 0.1) is 23.0 Å². The van der Waals surface area contributed by atoms with Crippen LogP contribution in [0.25, 0.3) is 16.7 Å². The van der Waals surface area contributed by atoms with E-state index in [0.29, 0.717) is 5.44 Å². The van der Waals surface area contributed by atoms with E-state index < -0.39 is 7.60 Å². The van der Waals surface area contributed by atoms with Crippen LogP contribution in [0.5, 0.6) is 0 Å². The monoisotopic (exact) mass is 794 g/mol. The number of hydrogen-bond donors (Lipinski definition) is 2. The molecule has 59 heavy (non-hydrogen) atoms. The summed E-state index contributed by atoms with van der Waals surface area (Å²) in [5.74, 6) is -0.381. The van der Waals surface area contributed by atoms with Crippen molar-refractivity contribution in [2.24, 2.45) is 12.0 Å². The lowest BCUT2D eigenvalue weighted by Crippen LogP contribution is -2.24. The minimum absolute atomic E-state index is 0.381. The van der Waals surface area contributed by atoms with Crippen molar-refractivity contribution in [2.75, 3.05) is 14.2 Å². The van der Waals surface area contributed by atoms with Gasteiger partial charge >= 0.3 is 7.60 Å². The van der Waals surface area contributed by atoms with Crippen molar-refractivity contribution in [1.82, 2.24) is 14.5 Å². The number of rotatable bonds is 7. The van der Waals surface area contributed by atoms with Crippen molar-refractivity contribution in [2.45, 2.75) is 33.6 Å². The Morgan fingerprint density at radius 3 is 1.66 bits per heavy atom. The van der Waals surface area contributed by atoms with Crippen LogP contribution < -0.4 is 16.1 Å². The number of aliphatic imine (C=N–C) groups is 1. The lowest BCUT2D eigenvalue weighted by Gasteiger charge is -2.22. The number of nitrogens with one attached hydrogen (secondary N) is 2. The van der Waals surface area contributed by atoms with Gasteiger partial charge in [-0.25, -0.2) is 4.99 Å². The second kappa shape index (κ2) is 15.2. The van der Waals surface area contributed by atoms with Crippen LogP contribution >= 0.6 is 7.60 Å². The van der Waals surface area contributed by atoms with Gasteiger partial charge in [0.25, 0.3) is 0 Å². The first-order valence-electron chi connectivity index (χ1n) is 19.9. The van der Waals surface area contributed by atoms with E-state index in [-0.39, 0.29) is 5.92 Å². The number of aryl methyl sites for hydroxylation is 4. The first-order valence-corrected chi connectivity index (χ1v) is 21.4. The molecule has 9 rings (SSSR count). The molecule has 0 saturated carbocycles.